The molecular weight excluding hydrogens is 240 g/mol. The molecule has 0 radical (unpaired) electrons. The molecule has 1 aromatic carbocycles. The van der Waals surface area contributed by atoms with E-state index in [4.69, 9.17) is 9.15 Å². The first kappa shape index (κ1) is 13.6. The zero-order chi connectivity index (χ0) is 13.7. The maximum atomic E-state index is 5.70. The summed E-state index contributed by atoms with van der Waals surface area (Å²) in [5.41, 5.74) is 1.19. The quantitative estimate of drug-likeness (QED) is 0.865. The van der Waals surface area contributed by atoms with Gasteiger partial charge in [0.25, 0.3) is 0 Å². The normalized spacial score (nSPS) is 12.6. The fraction of sp³-hybridized carbons (Fsp3) is 0.400. The van der Waals surface area contributed by atoms with Crippen molar-refractivity contribution >= 4 is 0 Å². The molecule has 0 saturated carbocycles. The molecule has 1 heterocycles. The Morgan fingerprint density at radius 3 is 2.84 bits per heavy atom. The van der Waals surface area contributed by atoms with Crippen LogP contribution < -0.4 is 10.1 Å². The van der Waals surface area contributed by atoms with Crippen molar-refractivity contribution in [3.05, 3.63) is 48.2 Å². The van der Waals surface area contributed by atoms with Gasteiger partial charge in [0.05, 0.1) is 18.8 Å². The Labute approximate surface area is 113 Å². The van der Waals surface area contributed by atoms with E-state index in [0.29, 0.717) is 6.54 Å². The van der Waals surface area contributed by atoms with Crippen LogP contribution in [-0.2, 0) is 6.54 Å². The lowest BCUT2D eigenvalue weighted by Gasteiger charge is -2.16. The van der Waals surface area contributed by atoms with Gasteiger partial charge in [0, 0.05) is 6.04 Å². The largest absolute Gasteiger partial charge is 0.491 e. The van der Waals surface area contributed by atoms with E-state index < -0.39 is 0 Å². The number of aromatic nitrogens is 1. The zero-order valence-corrected chi connectivity index (χ0v) is 11.6. The molecule has 1 N–H and O–H groups in total. The van der Waals surface area contributed by atoms with E-state index in [-0.39, 0.29) is 12.1 Å². The Hall–Kier alpha value is -1.81. The number of hydrogen-bond donors (Lipinski definition) is 1. The van der Waals surface area contributed by atoms with Crippen LogP contribution in [0.3, 0.4) is 0 Å². The van der Waals surface area contributed by atoms with Gasteiger partial charge in [-0.15, -0.1) is 0 Å². The smallest absolute Gasteiger partial charge is 0.180 e. The van der Waals surface area contributed by atoms with Crippen LogP contribution in [0.4, 0.5) is 0 Å². The first-order valence-corrected chi connectivity index (χ1v) is 6.52. The number of ether oxygens (including phenoxy) is 1. The van der Waals surface area contributed by atoms with Crippen molar-refractivity contribution in [3.8, 4) is 5.75 Å². The van der Waals surface area contributed by atoms with Crippen molar-refractivity contribution < 1.29 is 9.15 Å². The van der Waals surface area contributed by atoms with Crippen molar-refractivity contribution in [2.24, 2.45) is 0 Å². The molecule has 4 heteroatoms. The maximum Gasteiger partial charge on any atom is 0.180 e. The van der Waals surface area contributed by atoms with Crippen LogP contribution in [0.5, 0.6) is 5.75 Å². The number of nitrogens with zero attached hydrogens (tertiary/aromatic N) is 1. The zero-order valence-electron chi connectivity index (χ0n) is 11.6. The van der Waals surface area contributed by atoms with Gasteiger partial charge < -0.3 is 14.5 Å². The van der Waals surface area contributed by atoms with E-state index in [1.807, 2.05) is 26.0 Å². The monoisotopic (exact) mass is 260 g/mol. The molecule has 2 rings (SSSR count). The van der Waals surface area contributed by atoms with Crippen molar-refractivity contribution in [1.82, 2.24) is 10.3 Å². The second kappa shape index (κ2) is 6.38. The molecule has 1 atom stereocenters. The number of rotatable bonds is 6. The minimum atomic E-state index is 0.188. The van der Waals surface area contributed by atoms with E-state index in [9.17, 15) is 0 Å². The first-order chi connectivity index (χ1) is 9.15. The lowest BCUT2D eigenvalue weighted by Crippen LogP contribution is -2.18. The Bertz CT molecular complexity index is 495. The molecule has 19 heavy (non-hydrogen) atoms. The Morgan fingerprint density at radius 2 is 2.16 bits per heavy atom. The summed E-state index contributed by atoms with van der Waals surface area (Å²) in [4.78, 5) is 3.89. The summed E-state index contributed by atoms with van der Waals surface area (Å²) >= 11 is 0. The van der Waals surface area contributed by atoms with E-state index in [0.717, 1.165) is 11.5 Å². The highest BCUT2D eigenvalue weighted by molar-refractivity contribution is 5.30. The highest BCUT2D eigenvalue weighted by atomic mass is 16.5. The molecule has 0 aliphatic carbocycles. The van der Waals surface area contributed by atoms with Crippen molar-refractivity contribution in [2.75, 3.05) is 0 Å². The minimum Gasteiger partial charge on any atom is -0.491 e. The van der Waals surface area contributed by atoms with Gasteiger partial charge in [0.15, 0.2) is 6.39 Å². The van der Waals surface area contributed by atoms with Gasteiger partial charge in [0.2, 0.25) is 0 Å². The number of hydrogen-bond acceptors (Lipinski definition) is 4. The molecular formula is C15H20N2O2. The number of oxazole rings is 1. The highest BCUT2D eigenvalue weighted by Crippen LogP contribution is 2.20. The predicted octanol–water partition coefficient (Wildman–Crippen LogP) is 3.31. The van der Waals surface area contributed by atoms with Crippen molar-refractivity contribution in [3.63, 3.8) is 0 Å². The third-order valence-corrected chi connectivity index (χ3v) is 2.80. The summed E-state index contributed by atoms with van der Waals surface area (Å²) < 4.78 is 10.9. The van der Waals surface area contributed by atoms with Gasteiger partial charge >= 0.3 is 0 Å². The van der Waals surface area contributed by atoms with Crippen LogP contribution >= 0.6 is 0 Å². The molecule has 0 spiro atoms. The van der Waals surface area contributed by atoms with Crippen LogP contribution in [-0.4, -0.2) is 11.1 Å². The van der Waals surface area contributed by atoms with E-state index >= 15 is 0 Å². The molecule has 0 fully saturated rings. The lowest BCUT2D eigenvalue weighted by atomic mass is 10.1. The van der Waals surface area contributed by atoms with Crippen LogP contribution in [0.1, 0.15) is 38.1 Å². The molecule has 1 aromatic heterocycles. The molecule has 0 aliphatic rings. The fourth-order valence-electron chi connectivity index (χ4n) is 1.83. The van der Waals surface area contributed by atoms with Crippen molar-refractivity contribution in [1.29, 1.82) is 0 Å². The molecule has 0 bridgehead atoms. The predicted molar refractivity (Wildman–Crippen MR) is 74.0 cm³/mol. The highest BCUT2D eigenvalue weighted by Gasteiger charge is 2.07. The van der Waals surface area contributed by atoms with E-state index in [2.05, 4.69) is 29.4 Å². The summed E-state index contributed by atoms with van der Waals surface area (Å²) in [6.45, 7) is 6.83. The molecule has 0 saturated heterocycles. The topological polar surface area (TPSA) is 47.3 Å². The average Bonchev–Trinajstić information content (AvgIpc) is 2.88. The second-order valence-corrected chi connectivity index (χ2v) is 4.81. The Kier molecular flexibility index (Phi) is 4.58. The van der Waals surface area contributed by atoms with Gasteiger partial charge in [-0.2, -0.15) is 0 Å². The van der Waals surface area contributed by atoms with Crippen LogP contribution in [0, 0.1) is 0 Å². The van der Waals surface area contributed by atoms with Gasteiger partial charge in [-0.3, -0.25) is 0 Å². The molecule has 0 aliphatic heterocycles. The van der Waals surface area contributed by atoms with Crippen LogP contribution in [0.15, 0.2) is 41.3 Å². The minimum absolute atomic E-state index is 0.188. The SMILES string of the molecule is CC(C)Oc1cccc(C(C)NCc2cnco2)c1. The third-order valence-electron chi connectivity index (χ3n) is 2.80. The average molecular weight is 260 g/mol. The fourth-order valence-corrected chi connectivity index (χ4v) is 1.83. The van der Waals surface area contributed by atoms with Crippen molar-refractivity contribution in [2.45, 2.75) is 39.5 Å². The van der Waals surface area contributed by atoms with Gasteiger partial charge in [-0.25, -0.2) is 4.98 Å². The Morgan fingerprint density at radius 1 is 1.32 bits per heavy atom. The molecule has 1 unspecified atom stereocenters. The standard InChI is InChI=1S/C15H20N2O2/c1-11(2)19-14-6-4-5-13(7-14)12(3)17-9-15-8-16-10-18-15/h4-8,10-12,17H,9H2,1-3H3. The summed E-state index contributed by atoms with van der Waals surface area (Å²) in [6.07, 6.45) is 3.35. The second-order valence-electron chi connectivity index (χ2n) is 4.81. The van der Waals surface area contributed by atoms with E-state index in [1.165, 1.54) is 12.0 Å². The third kappa shape index (κ3) is 4.10. The lowest BCUT2D eigenvalue weighted by molar-refractivity contribution is 0.242. The molecule has 102 valence electrons. The molecule has 2 aromatic rings. The number of benzene rings is 1. The number of nitrogens with one attached hydrogen (secondary N) is 1. The summed E-state index contributed by atoms with van der Waals surface area (Å²) in [5.74, 6) is 1.74. The van der Waals surface area contributed by atoms with Gasteiger partial charge in [0.1, 0.15) is 11.5 Å². The maximum absolute atomic E-state index is 5.70. The van der Waals surface area contributed by atoms with Gasteiger partial charge in [-0.1, -0.05) is 12.1 Å². The Balaban J connectivity index is 1.96. The summed E-state index contributed by atoms with van der Waals surface area (Å²) in [5, 5.41) is 3.39. The summed E-state index contributed by atoms with van der Waals surface area (Å²) in [7, 11) is 0. The first-order valence-electron chi connectivity index (χ1n) is 6.52. The summed E-state index contributed by atoms with van der Waals surface area (Å²) in [6, 6.07) is 8.37. The molecule has 4 nitrogen and oxygen atoms in total. The van der Waals surface area contributed by atoms with E-state index in [1.54, 1.807) is 6.20 Å². The van der Waals surface area contributed by atoms with Crippen LogP contribution in [0.25, 0.3) is 0 Å². The van der Waals surface area contributed by atoms with Gasteiger partial charge in [-0.05, 0) is 38.5 Å². The molecule has 0 amide bonds. The van der Waals surface area contributed by atoms with Crippen LogP contribution in [0.2, 0.25) is 0 Å².